The quantitative estimate of drug-likeness (QED) is 0.0926. The van der Waals surface area contributed by atoms with Crippen LogP contribution in [0.25, 0.3) is 0 Å². The summed E-state index contributed by atoms with van der Waals surface area (Å²) in [6, 6.07) is 0.632. The summed E-state index contributed by atoms with van der Waals surface area (Å²) in [4.78, 5) is 0. The number of fused-ring (bicyclic) bond motifs is 10. The van der Waals surface area contributed by atoms with E-state index in [-0.39, 0.29) is 12.6 Å². The Labute approximate surface area is 435 Å². The van der Waals surface area contributed by atoms with Crippen LogP contribution in [0.15, 0.2) is 23.3 Å². The third-order valence-corrected chi connectivity index (χ3v) is 24.3. The van der Waals surface area contributed by atoms with E-state index in [4.69, 9.17) is 35.2 Å². The summed E-state index contributed by atoms with van der Waals surface area (Å²) >= 11 is 0. The molecule has 0 radical (unpaired) electrons. The zero-order valence-corrected chi connectivity index (χ0v) is 46.6. The Kier molecular flexibility index (Phi) is 17.4. The maximum absolute atomic E-state index is 8.00. The highest BCUT2D eigenvalue weighted by Gasteiger charge is 2.61. The maximum atomic E-state index is 8.00. The fourth-order valence-electron chi connectivity index (χ4n) is 20.2. The van der Waals surface area contributed by atoms with Crippen molar-refractivity contribution < 1.29 is 23.7 Å². The van der Waals surface area contributed by atoms with Gasteiger partial charge in [0.1, 0.15) is 0 Å². The number of unbranched alkanes of at least 4 members (excludes halogenated alkanes) is 4. The molecule has 8 fully saturated rings. The lowest BCUT2D eigenvalue weighted by Crippen LogP contribution is -2.52. The SMILES string of the molecule is C[C@@H](N)[C@H]1CCC2C3CC=C4C[C@@H](C(CCCCCOC5CCCCO5)OC(CCCCCOC5CCCCO5)[C@H]5CC[C@@]6(C)C(=CCC7C6CC[C@@]6(C)C7CC[C@@H]6[C@@H](C)N)C5)CC[C@]4(C)C3CC[C@@]21C. The van der Waals surface area contributed by atoms with Gasteiger partial charge in [-0.3, -0.25) is 0 Å². The molecule has 404 valence electrons. The molecule has 0 aromatic carbocycles. The van der Waals surface area contributed by atoms with Crippen molar-refractivity contribution in [2.75, 3.05) is 26.4 Å². The summed E-state index contributed by atoms with van der Waals surface area (Å²) < 4.78 is 32.4. The molecule has 2 saturated heterocycles. The molecular formula is C64H108N2O5. The van der Waals surface area contributed by atoms with E-state index >= 15 is 0 Å². The van der Waals surface area contributed by atoms with Gasteiger partial charge in [-0.25, -0.2) is 0 Å². The summed E-state index contributed by atoms with van der Waals surface area (Å²) in [7, 11) is 0. The third-order valence-electron chi connectivity index (χ3n) is 24.3. The van der Waals surface area contributed by atoms with Crippen LogP contribution in [-0.2, 0) is 23.7 Å². The van der Waals surface area contributed by atoms with Crippen LogP contribution in [0.1, 0.15) is 234 Å². The molecule has 2 heterocycles. The van der Waals surface area contributed by atoms with E-state index in [2.05, 4.69) is 53.7 Å². The lowest BCUT2D eigenvalue weighted by molar-refractivity contribution is -0.163. The first-order chi connectivity index (χ1) is 34.3. The van der Waals surface area contributed by atoms with E-state index in [1.54, 1.807) is 0 Å². The van der Waals surface area contributed by atoms with Crippen LogP contribution in [0.3, 0.4) is 0 Å². The Morgan fingerprint density at radius 1 is 0.521 bits per heavy atom. The smallest absolute Gasteiger partial charge is 0.157 e. The Balaban J connectivity index is 0.850. The Hall–Kier alpha value is -0.800. The number of hydrogen-bond acceptors (Lipinski definition) is 7. The topological polar surface area (TPSA) is 98.2 Å². The summed E-state index contributed by atoms with van der Waals surface area (Å²) in [6.07, 6.45) is 44.2. The van der Waals surface area contributed by atoms with Gasteiger partial charge in [0.2, 0.25) is 0 Å². The monoisotopic (exact) mass is 985 g/mol. The zero-order chi connectivity index (χ0) is 49.4. The third kappa shape index (κ3) is 10.9. The summed E-state index contributed by atoms with van der Waals surface area (Å²) in [5.74, 6) is 7.64. The second-order valence-electron chi connectivity index (χ2n) is 27.9. The lowest BCUT2D eigenvalue weighted by Gasteiger charge is -2.59. The van der Waals surface area contributed by atoms with Crippen LogP contribution in [0.4, 0.5) is 0 Å². The molecule has 6 saturated carbocycles. The van der Waals surface area contributed by atoms with Crippen LogP contribution in [0.5, 0.6) is 0 Å². The van der Waals surface area contributed by atoms with E-state index in [9.17, 15) is 0 Å². The molecule has 20 atom stereocenters. The van der Waals surface area contributed by atoms with Crippen molar-refractivity contribution in [3.8, 4) is 0 Å². The molecule has 71 heavy (non-hydrogen) atoms. The molecule has 10 rings (SSSR count). The second-order valence-corrected chi connectivity index (χ2v) is 27.9. The predicted molar refractivity (Wildman–Crippen MR) is 289 cm³/mol. The van der Waals surface area contributed by atoms with Crippen LogP contribution in [-0.4, -0.2) is 63.3 Å². The number of hydrogen-bond donors (Lipinski definition) is 2. The van der Waals surface area contributed by atoms with Gasteiger partial charge in [0.15, 0.2) is 12.6 Å². The summed E-state index contributed by atoms with van der Waals surface area (Å²) in [5.41, 5.74) is 18.6. The molecule has 0 spiro atoms. The molecule has 0 amide bonds. The molecule has 0 aromatic rings. The first-order valence-electron chi connectivity index (χ1n) is 31.3. The maximum Gasteiger partial charge on any atom is 0.157 e. The van der Waals surface area contributed by atoms with E-state index in [1.807, 2.05) is 11.1 Å². The van der Waals surface area contributed by atoms with Crippen molar-refractivity contribution in [3.63, 3.8) is 0 Å². The van der Waals surface area contributed by atoms with Crippen molar-refractivity contribution in [3.05, 3.63) is 23.3 Å². The van der Waals surface area contributed by atoms with Crippen LogP contribution in [0.2, 0.25) is 0 Å². The largest absolute Gasteiger partial charge is 0.374 e. The molecule has 10 aliphatic rings. The minimum Gasteiger partial charge on any atom is -0.374 e. The Bertz CT molecular complexity index is 1660. The zero-order valence-electron chi connectivity index (χ0n) is 46.6. The molecule has 0 aromatic heterocycles. The molecule has 0 bridgehead atoms. The Morgan fingerprint density at radius 2 is 0.972 bits per heavy atom. The van der Waals surface area contributed by atoms with Crippen molar-refractivity contribution in [1.29, 1.82) is 0 Å². The highest BCUT2D eigenvalue weighted by molar-refractivity contribution is 5.27. The molecule has 2 aliphatic heterocycles. The number of nitrogens with two attached hydrogens (primary N) is 2. The standard InChI is InChI=1S/C64H108N2O5/c1-43(65)51-25-27-53-49-23-21-47-41-45(29-33-61(47,3)55(49)31-35-63(51,53)5)57(17-9-7-13-37-67-59-19-11-15-39-69-59)71-58(18-10-8-14-38-68-60-20-12-16-40-70-60)46-30-34-62(4)48(42-46)22-24-50-54-28-26-52(44(2)66)64(54,6)36-32-56(50)62/h21-22,43-46,49-60H,7-20,23-42,65-66H2,1-6H3/t43-,44-,45+,46+,49?,50?,51-,52-,53?,54?,55?,56?,57?,58?,59?,60?,61+,62+,63-,64-/m1/s1. The van der Waals surface area contributed by atoms with Gasteiger partial charge in [-0.05, 0) is 262 Å². The molecule has 7 heteroatoms. The number of rotatable bonds is 20. The van der Waals surface area contributed by atoms with Gasteiger partial charge in [0.05, 0.1) is 12.2 Å². The molecule has 4 N–H and O–H groups in total. The van der Waals surface area contributed by atoms with Gasteiger partial charge >= 0.3 is 0 Å². The highest BCUT2D eigenvalue weighted by atomic mass is 16.7. The first-order valence-corrected chi connectivity index (χ1v) is 31.3. The molecular weight excluding hydrogens is 877 g/mol. The molecule has 8 aliphatic carbocycles. The van der Waals surface area contributed by atoms with Gasteiger partial charge in [0, 0.05) is 38.5 Å². The van der Waals surface area contributed by atoms with Gasteiger partial charge < -0.3 is 35.2 Å². The van der Waals surface area contributed by atoms with Gasteiger partial charge in [-0.15, -0.1) is 0 Å². The predicted octanol–water partition coefficient (Wildman–Crippen LogP) is 15.0. The van der Waals surface area contributed by atoms with Crippen molar-refractivity contribution in [1.82, 2.24) is 0 Å². The van der Waals surface area contributed by atoms with Crippen molar-refractivity contribution in [2.45, 2.75) is 271 Å². The lowest BCUT2D eigenvalue weighted by atomic mass is 9.46. The first kappa shape index (κ1) is 53.6. The summed E-state index contributed by atoms with van der Waals surface area (Å²) in [5, 5.41) is 0. The van der Waals surface area contributed by atoms with E-state index in [0.29, 0.717) is 69.6 Å². The number of ether oxygens (including phenoxy) is 5. The van der Waals surface area contributed by atoms with Gasteiger partial charge in [0.25, 0.3) is 0 Å². The summed E-state index contributed by atoms with van der Waals surface area (Å²) in [6.45, 7) is 18.7. The van der Waals surface area contributed by atoms with Crippen LogP contribution >= 0.6 is 0 Å². The minimum absolute atomic E-state index is 0.0146. The second kappa shape index (κ2) is 23.0. The normalized spacial score (nSPS) is 44.9. The van der Waals surface area contributed by atoms with E-state index in [1.165, 1.54) is 167 Å². The highest BCUT2D eigenvalue weighted by Crippen LogP contribution is 2.69. The Morgan fingerprint density at radius 3 is 1.38 bits per heavy atom. The fourth-order valence-corrected chi connectivity index (χ4v) is 20.2. The fraction of sp³-hybridized carbons (Fsp3) is 0.938. The van der Waals surface area contributed by atoms with Crippen LogP contribution in [0, 0.1) is 80.8 Å². The van der Waals surface area contributed by atoms with E-state index < -0.39 is 0 Å². The van der Waals surface area contributed by atoms with Crippen molar-refractivity contribution >= 4 is 0 Å². The van der Waals surface area contributed by atoms with Gasteiger partial charge in [-0.2, -0.15) is 0 Å². The average Bonchev–Trinajstić information content (AvgIpc) is 3.92. The number of allylic oxidation sites excluding steroid dienone is 4. The van der Waals surface area contributed by atoms with Crippen LogP contribution < -0.4 is 11.5 Å². The molecule has 10 unspecified atom stereocenters. The molecule has 7 nitrogen and oxygen atoms in total. The average molecular weight is 986 g/mol. The van der Waals surface area contributed by atoms with Crippen molar-refractivity contribution in [2.24, 2.45) is 92.3 Å². The minimum atomic E-state index is 0.0146. The van der Waals surface area contributed by atoms with E-state index in [0.717, 1.165) is 87.6 Å². The van der Waals surface area contributed by atoms with Gasteiger partial charge in [-0.1, -0.05) is 76.7 Å².